The van der Waals surface area contributed by atoms with Crippen LogP contribution in [0.25, 0.3) is 0 Å². The Morgan fingerprint density at radius 3 is 2.88 bits per heavy atom. The van der Waals surface area contributed by atoms with Gasteiger partial charge in [-0.1, -0.05) is 0 Å². The minimum atomic E-state index is -0.108. The predicted molar refractivity (Wildman–Crippen MR) is 104 cm³/mol. The van der Waals surface area contributed by atoms with Crippen LogP contribution < -0.4 is 10.5 Å². The largest absolute Gasteiger partial charge is 0.383 e. The number of amides is 1. The van der Waals surface area contributed by atoms with Crippen LogP contribution >= 0.6 is 11.8 Å². The first-order chi connectivity index (χ1) is 12.7. The standard InChI is InChI=1S/C18H28N4O3S/c1-25-8-5-22-18(24)12-16(13-19-22)21-4-2-3-15(14-21)11-17(23)20-6-9-26-10-7-20/h12-13,15H,2-11,14H2,1H3. The summed E-state index contributed by atoms with van der Waals surface area (Å²) in [6, 6.07) is 1.65. The zero-order valence-electron chi connectivity index (χ0n) is 15.4. The molecule has 3 heterocycles. The Kier molecular flexibility index (Phi) is 6.96. The highest BCUT2D eigenvalue weighted by Crippen LogP contribution is 2.25. The van der Waals surface area contributed by atoms with E-state index in [1.807, 2.05) is 16.7 Å². The molecule has 8 heteroatoms. The third-order valence-electron chi connectivity index (χ3n) is 5.07. The van der Waals surface area contributed by atoms with E-state index < -0.39 is 0 Å². The fourth-order valence-corrected chi connectivity index (χ4v) is 4.50. The van der Waals surface area contributed by atoms with Gasteiger partial charge < -0.3 is 14.5 Å². The fourth-order valence-electron chi connectivity index (χ4n) is 3.60. The fraction of sp³-hybridized carbons (Fsp3) is 0.722. The Bertz CT molecular complexity index is 660. The van der Waals surface area contributed by atoms with Gasteiger partial charge in [0.05, 0.1) is 25.0 Å². The van der Waals surface area contributed by atoms with Gasteiger partial charge in [0, 0.05) is 57.3 Å². The van der Waals surface area contributed by atoms with Crippen LogP contribution in [0, 0.1) is 5.92 Å². The molecule has 2 fully saturated rings. The van der Waals surface area contributed by atoms with Gasteiger partial charge in [-0.2, -0.15) is 16.9 Å². The Hall–Kier alpha value is -1.54. The van der Waals surface area contributed by atoms with Crippen molar-refractivity contribution < 1.29 is 9.53 Å². The smallest absolute Gasteiger partial charge is 0.268 e. The zero-order valence-corrected chi connectivity index (χ0v) is 16.2. The van der Waals surface area contributed by atoms with Gasteiger partial charge in [0.2, 0.25) is 5.91 Å². The van der Waals surface area contributed by atoms with E-state index in [9.17, 15) is 9.59 Å². The Balaban J connectivity index is 1.58. The van der Waals surface area contributed by atoms with Crippen molar-refractivity contribution in [1.82, 2.24) is 14.7 Å². The highest BCUT2D eigenvalue weighted by molar-refractivity contribution is 7.99. The van der Waals surface area contributed by atoms with Gasteiger partial charge in [-0.3, -0.25) is 9.59 Å². The highest BCUT2D eigenvalue weighted by Gasteiger charge is 2.26. The Labute approximate surface area is 158 Å². The van der Waals surface area contributed by atoms with Gasteiger partial charge in [-0.25, -0.2) is 4.68 Å². The second-order valence-electron chi connectivity index (χ2n) is 6.92. The van der Waals surface area contributed by atoms with Gasteiger partial charge in [-0.15, -0.1) is 0 Å². The molecule has 0 N–H and O–H groups in total. The van der Waals surface area contributed by atoms with Gasteiger partial charge in [0.25, 0.3) is 5.56 Å². The van der Waals surface area contributed by atoms with E-state index in [0.29, 0.717) is 25.5 Å². The second kappa shape index (κ2) is 9.41. The van der Waals surface area contributed by atoms with E-state index in [1.165, 1.54) is 4.68 Å². The summed E-state index contributed by atoms with van der Waals surface area (Å²) in [5, 5.41) is 4.26. The first-order valence-electron chi connectivity index (χ1n) is 9.34. The van der Waals surface area contributed by atoms with E-state index in [2.05, 4.69) is 10.00 Å². The minimum absolute atomic E-state index is 0.108. The average Bonchev–Trinajstić information content (AvgIpc) is 2.68. The molecule has 7 nitrogen and oxygen atoms in total. The number of methoxy groups -OCH3 is 1. The summed E-state index contributed by atoms with van der Waals surface area (Å²) < 4.78 is 6.42. The number of nitrogens with zero attached hydrogens (tertiary/aromatic N) is 4. The third kappa shape index (κ3) is 5.01. The summed E-state index contributed by atoms with van der Waals surface area (Å²) in [6.07, 6.45) is 4.48. The molecule has 2 saturated heterocycles. The lowest BCUT2D eigenvalue weighted by molar-refractivity contribution is -0.131. The maximum Gasteiger partial charge on any atom is 0.268 e. The summed E-state index contributed by atoms with van der Waals surface area (Å²) in [6.45, 7) is 4.41. The van der Waals surface area contributed by atoms with Crippen molar-refractivity contribution in [1.29, 1.82) is 0 Å². The van der Waals surface area contributed by atoms with E-state index >= 15 is 0 Å². The first-order valence-corrected chi connectivity index (χ1v) is 10.5. The number of thioether (sulfide) groups is 1. The molecule has 26 heavy (non-hydrogen) atoms. The quantitative estimate of drug-likeness (QED) is 0.736. The molecule has 0 aliphatic carbocycles. The molecule has 0 spiro atoms. The second-order valence-corrected chi connectivity index (χ2v) is 8.14. The van der Waals surface area contributed by atoms with Crippen LogP contribution in [0.1, 0.15) is 19.3 Å². The number of hydrogen-bond acceptors (Lipinski definition) is 6. The van der Waals surface area contributed by atoms with E-state index in [4.69, 9.17) is 4.74 Å². The van der Waals surface area contributed by atoms with Crippen LogP contribution in [-0.2, 0) is 16.1 Å². The molecular weight excluding hydrogens is 352 g/mol. The molecule has 0 radical (unpaired) electrons. The van der Waals surface area contributed by atoms with Crippen molar-refractivity contribution >= 4 is 23.4 Å². The molecule has 3 rings (SSSR count). The molecule has 1 atom stereocenters. The molecule has 1 aromatic rings. The Morgan fingerprint density at radius 2 is 2.15 bits per heavy atom. The first kappa shape index (κ1) is 19.2. The van der Waals surface area contributed by atoms with Crippen molar-refractivity contribution in [3.8, 4) is 0 Å². The predicted octanol–water partition coefficient (Wildman–Crippen LogP) is 1.07. The van der Waals surface area contributed by atoms with E-state index in [-0.39, 0.29) is 11.5 Å². The molecule has 0 bridgehead atoms. The number of anilines is 1. The summed E-state index contributed by atoms with van der Waals surface area (Å²) in [5.41, 5.74) is 0.749. The number of aromatic nitrogens is 2. The van der Waals surface area contributed by atoms with Crippen molar-refractivity contribution in [3.05, 3.63) is 22.6 Å². The lowest BCUT2D eigenvalue weighted by atomic mass is 9.94. The zero-order chi connectivity index (χ0) is 18.4. The lowest BCUT2D eigenvalue weighted by Gasteiger charge is -2.35. The maximum atomic E-state index is 12.5. The highest BCUT2D eigenvalue weighted by atomic mass is 32.2. The maximum absolute atomic E-state index is 12.5. The average molecular weight is 381 g/mol. The van der Waals surface area contributed by atoms with Crippen molar-refractivity contribution in [2.75, 3.05) is 56.3 Å². The summed E-state index contributed by atoms with van der Waals surface area (Å²) in [4.78, 5) is 28.9. The molecule has 2 aliphatic heterocycles. The monoisotopic (exact) mass is 380 g/mol. The van der Waals surface area contributed by atoms with Gasteiger partial charge >= 0.3 is 0 Å². The lowest BCUT2D eigenvalue weighted by Crippen LogP contribution is -2.42. The topological polar surface area (TPSA) is 67.7 Å². The SMILES string of the molecule is COCCn1ncc(N2CCCC(CC(=O)N3CCSCC3)C2)cc1=O. The van der Waals surface area contributed by atoms with Gasteiger partial charge in [-0.05, 0) is 18.8 Å². The number of ether oxygens (including phenoxy) is 1. The molecule has 1 aromatic heterocycles. The van der Waals surface area contributed by atoms with Crippen molar-refractivity contribution in [2.24, 2.45) is 5.92 Å². The van der Waals surface area contributed by atoms with Gasteiger partial charge in [0.1, 0.15) is 0 Å². The number of hydrogen-bond donors (Lipinski definition) is 0. The van der Waals surface area contributed by atoms with E-state index in [0.717, 1.165) is 56.2 Å². The minimum Gasteiger partial charge on any atom is -0.383 e. The molecule has 0 saturated carbocycles. The molecule has 144 valence electrons. The van der Waals surface area contributed by atoms with Crippen molar-refractivity contribution in [2.45, 2.75) is 25.8 Å². The molecule has 1 unspecified atom stereocenters. The number of carbonyl (C=O) groups excluding carboxylic acids is 1. The molecule has 2 aliphatic rings. The van der Waals surface area contributed by atoms with Crippen LogP contribution in [0.5, 0.6) is 0 Å². The van der Waals surface area contributed by atoms with Gasteiger partial charge in [0.15, 0.2) is 0 Å². The Morgan fingerprint density at radius 1 is 1.35 bits per heavy atom. The molecular formula is C18H28N4O3S. The third-order valence-corrected chi connectivity index (χ3v) is 6.02. The van der Waals surface area contributed by atoms with E-state index in [1.54, 1.807) is 19.4 Å². The number of carbonyl (C=O) groups is 1. The van der Waals surface area contributed by atoms with Crippen LogP contribution in [-0.4, -0.2) is 72.0 Å². The number of piperidine rings is 1. The van der Waals surface area contributed by atoms with Crippen LogP contribution in [0.3, 0.4) is 0 Å². The van der Waals surface area contributed by atoms with Crippen LogP contribution in [0.4, 0.5) is 5.69 Å². The van der Waals surface area contributed by atoms with Crippen LogP contribution in [0.15, 0.2) is 17.1 Å². The van der Waals surface area contributed by atoms with Crippen molar-refractivity contribution in [3.63, 3.8) is 0 Å². The summed E-state index contributed by atoms with van der Waals surface area (Å²) >= 11 is 1.92. The molecule has 1 amide bonds. The molecule has 0 aromatic carbocycles. The summed E-state index contributed by atoms with van der Waals surface area (Å²) in [7, 11) is 1.61. The normalized spacial score (nSPS) is 21.0. The summed E-state index contributed by atoms with van der Waals surface area (Å²) in [5.74, 6) is 2.73. The van der Waals surface area contributed by atoms with Crippen LogP contribution in [0.2, 0.25) is 0 Å². The number of rotatable bonds is 6.